The van der Waals surface area contributed by atoms with Crippen LogP contribution in [0.3, 0.4) is 0 Å². The number of rotatable bonds is 8. The maximum absolute atomic E-state index is 12.7. The lowest BCUT2D eigenvalue weighted by atomic mass is 10.1. The molecule has 0 saturated carbocycles. The molecule has 2 aromatic rings. The smallest absolute Gasteiger partial charge is 0.339 e. The summed E-state index contributed by atoms with van der Waals surface area (Å²) in [6.45, 7) is 9.64. The predicted molar refractivity (Wildman–Crippen MR) is 109 cm³/mol. The van der Waals surface area contributed by atoms with Crippen LogP contribution in [0.15, 0.2) is 54.6 Å². The van der Waals surface area contributed by atoms with E-state index in [4.69, 9.17) is 9.47 Å². The molecule has 2 aromatic carbocycles. The molecule has 0 aliphatic rings. The van der Waals surface area contributed by atoms with Crippen LogP contribution in [-0.2, 0) is 16.1 Å². The molecule has 0 radical (unpaired) electrons. The Morgan fingerprint density at radius 1 is 0.857 bits per heavy atom. The van der Waals surface area contributed by atoms with Gasteiger partial charge in [-0.15, -0.1) is 0 Å². The van der Waals surface area contributed by atoms with Crippen LogP contribution in [0.5, 0.6) is 5.75 Å². The van der Waals surface area contributed by atoms with Gasteiger partial charge in [-0.25, -0.2) is 4.79 Å². The lowest BCUT2D eigenvalue weighted by Crippen LogP contribution is -2.47. The Labute approximate surface area is 167 Å². The van der Waals surface area contributed by atoms with Gasteiger partial charge in [-0.3, -0.25) is 4.79 Å². The summed E-state index contributed by atoms with van der Waals surface area (Å²) in [5.74, 6) is -0.00401. The molecule has 150 valence electrons. The maximum Gasteiger partial charge on any atom is 0.339 e. The van der Waals surface area contributed by atoms with Gasteiger partial charge >= 0.3 is 5.97 Å². The second kappa shape index (κ2) is 9.93. The lowest BCUT2D eigenvalue weighted by Gasteiger charge is -2.32. The first kappa shape index (κ1) is 21.5. The Bertz CT molecular complexity index is 778. The highest BCUT2D eigenvalue weighted by molar-refractivity contribution is 5.93. The molecule has 1 amide bonds. The van der Waals surface area contributed by atoms with E-state index in [9.17, 15) is 9.59 Å². The highest BCUT2D eigenvalue weighted by Gasteiger charge is 2.28. The fourth-order valence-corrected chi connectivity index (χ4v) is 3.11. The average Bonchev–Trinajstić information content (AvgIpc) is 2.66. The van der Waals surface area contributed by atoms with Crippen molar-refractivity contribution in [2.75, 3.05) is 0 Å². The van der Waals surface area contributed by atoms with Crippen molar-refractivity contribution in [1.29, 1.82) is 0 Å². The molecule has 0 bridgehead atoms. The molecule has 0 aliphatic carbocycles. The van der Waals surface area contributed by atoms with E-state index in [0.29, 0.717) is 11.1 Å². The number of amides is 1. The minimum atomic E-state index is -0.861. The normalized spacial score (nSPS) is 12.0. The molecule has 0 spiro atoms. The number of hydrogen-bond acceptors (Lipinski definition) is 4. The minimum absolute atomic E-state index is 0.0280. The third-order valence-electron chi connectivity index (χ3n) is 4.37. The monoisotopic (exact) mass is 383 g/mol. The van der Waals surface area contributed by atoms with E-state index in [2.05, 4.69) is 0 Å². The number of nitrogens with zero attached hydrogens (tertiary/aromatic N) is 1. The maximum atomic E-state index is 12.7. The van der Waals surface area contributed by atoms with Gasteiger partial charge < -0.3 is 14.4 Å². The van der Waals surface area contributed by atoms with E-state index in [1.807, 2.05) is 70.2 Å². The molecule has 0 aromatic heterocycles. The molecule has 1 unspecified atom stereocenters. The molecule has 28 heavy (non-hydrogen) atoms. The highest BCUT2D eigenvalue weighted by atomic mass is 16.5. The van der Waals surface area contributed by atoms with Gasteiger partial charge in [0.15, 0.2) is 6.10 Å². The standard InChI is InChI=1S/C23H29NO4/c1-16(2)24(17(3)4)22(25)18(5)28-23(26)21-14-10-9-11-19(21)15-27-20-12-7-6-8-13-20/h6-14,16-18H,15H2,1-5H3. The summed E-state index contributed by atoms with van der Waals surface area (Å²) < 4.78 is 11.2. The fourth-order valence-electron chi connectivity index (χ4n) is 3.11. The Balaban J connectivity index is 2.08. The summed E-state index contributed by atoms with van der Waals surface area (Å²) in [5, 5.41) is 0. The molecule has 0 N–H and O–H groups in total. The predicted octanol–water partition coefficient (Wildman–Crippen LogP) is 4.46. The van der Waals surface area contributed by atoms with Gasteiger partial charge in [-0.1, -0.05) is 36.4 Å². The number of carbonyl (C=O) groups excluding carboxylic acids is 2. The van der Waals surface area contributed by atoms with Crippen LogP contribution in [0.25, 0.3) is 0 Å². The molecule has 5 heteroatoms. The lowest BCUT2D eigenvalue weighted by molar-refractivity contribution is -0.143. The zero-order valence-electron chi connectivity index (χ0n) is 17.2. The van der Waals surface area contributed by atoms with E-state index in [1.54, 1.807) is 24.0 Å². The number of carbonyl (C=O) groups is 2. The first-order valence-electron chi connectivity index (χ1n) is 9.60. The van der Waals surface area contributed by atoms with Crippen molar-refractivity contribution >= 4 is 11.9 Å². The first-order chi connectivity index (χ1) is 13.3. The summed E-state index contributed by atoms with van der Waals surface area (Å²) in [6.07, 6.45) is -0.861. The Kier molecular flexibility index (Phi) is 7.61. The van der Waals surface area contributed by atoms with Gasteiger partial charge in [-0.2, -0.15) is 0 Å². The van der Waals surface area contributed by atoms with Crippen molar-refractivity contribution in [1.82, 2.24) is 4.90 Å². The van der Waals surface area contributed by atoms with Crippen LogP contribution in [0.2, 0.25) is 0 Å². The van der Waals surface area contributed by atoms with Gasteiger partial charge in [0.25, 0.3) is 5.91 Å². The number of ether oxygens (including phenoxy) is 2. The molecular weight excluding hydrogens is 354 g/mol. The second-order valence-electron chi connectivity index (χ2n) is 7.24. The summed E-state index contributed by atoms with van der Waals surface area (Å²) in [5.41, 5.74) is 1.11. The molecule has 0 saturated heterocycles. The minimum Gasteiger partial charge on any atom is -0.489 e. The van der Waals surface area contributed by atoms with Crippen LogP contribution in [0.4, 0.5) is 0 Å². The topological polar surface area (TPSA) is 55.8 Å². The van der Waals surface area contributed by atoms with Crippen LogP contribution >= 0.6 is 0 Å². The van der Waals surface area contributed by atoms with Crippen molar-refractivity contribution in [3.8, 4) is 5.75 Å². The average molecular weight is 383 g/mol. The van der Waals surface area contributed by atoms with Gasteiger partial charge in [0.2, 0.25) is 0 Å². The number of benzene rings is 2. The van der Waals surface area contributed by atoms with E-state index in [1.165, 1.54) is 0 Å². The van der Waals surface area contributed by atoms with Crippen molar-refractivity contribution in [2.24, 2.45) is 0 Å². The van der Waals surface area contributed by atoms with E-state index >= 15 is 0 Å². The van der Waals surface area contributed by atoms with Crippen molar-refractivity contribution in [3.63, 3.8) is 0 Å². The van der Waals surface area contributed by atoms with Crippen molar-refractivity contribution < 1.29 is 19.1 Å². The Hall–Kier alpha value is -2.82. The largest absolute Gasteiger partial charge is 0.489 e. The van der Waals surface area contributed by atoms with E-state index in [-0.39, 0.29) is 24.6 Å². The van der Waals surface area contributed by atoms with Crippen LogP contribution in [0.1, 0.15) is 50.5 Å². The summed E-state index contributed by atoms with van der Waals surface area (Å²) in [6, 6.07) is 16.6. The molecular formula is C23H29NO4. The molecule has 2 rings (SSSR count). The highest BCUT2D eigenvalue weighted by Crippen LogP contribution is 2.17. The number of para-hydroxylation sites is 1. The summed E-state index contributed by atoms with van der Waals surface area (Å²) >= 11 is 0. The third kappa shape index (κ3) is 5.59. The fraction of sp³-hybridized carbons (Fsp3) is 0.391. The zero-order chi connectivity index (χ0) is 20.7. The van der Waals surface area contributed by atoms with Crippen molar-refractivity contribution in [2.45, 2.75) is 59.4 Å². The van der Waals surface area contributed by atoms with E-state index in [0.717, 1.165) is 5.75 Å². The number of esters is 1. The molecule has 0 aliphatic heterocycles. The molecule has 0 heterocycles. The quantitative estimate of drug-likeness (QED) is 0.632. The first-order valence-corrected chi connectivity index (χ1v) is 9.60. The van der Waals surface area contributed by atoms with E-state index < -0.39 is 12.1 Å². The molecule has 0 fully saturated rings. The van der Waals surface area contributed by atoms with Gasteiger partial charge in [0.1, 0.15) is 12.4 Å². The van der Waals surface area contributed by atoms with Crippen LogP contribution in [0, 0.1) is 0 Å². The van der Waals surface area contributed by atoms with Gasteiger partial charge in [-0.05, 0) is 52.8 Å². The van der Waals surface area contributed by atoms with Gasteiger partial charge in [0.05, 0.1) is 5.56 Å². The summed E-state index contributed by atoms with van der Waals surface area (Å²) in [7, 11) is 0. The SMILES string of the molecule is CC(OC(=O)c1ccccc1COc1ccccc1)C(=O)N(C(C)C)C(C)C. The van der Waals surface area contributed by atoms with Crippen LogP contribution in [-0.4, -0.2) is 35.0 Å². The number of hydrogen-bond donors (Lipinski definition) is 0. The zero-order valence-corrected chi connectivity index (χ0v) is 17.2. The van der Waals surface area contributed by atoms with Gasteiger partial charge in [0, 0.05) is 17.6 Å². The molecule has 5 nitrogen and oxygen atoms in total. The second-order valence-corrected chi connectivity index (χ2v) is 7.24. The Morgan fingerprint density at radius 2 is 1.43 bits per heavy atom. The third-order valence-corrected chi connectivity index (χ3v) is 4.37. The molecule has 1 atom stereocenters. The van der Waals surface area contributed by atoms with Crippen LogP contribution < -0.4 is 4.74 Å². The summed E-state index contributed by atoms with van der Waals surface area (Å²) in [4.78, 5) is 27.1. The Morgan fingerprint density at radius 3 is 2.04 bits per heavy atom. The van der Waals surface area contributed by atoms with Crippen molar-refractivity contribution in [3.05, 3.63) is 65.7 Å².